The highest BCUT2D eigenvalue weighted by atomic mass is 19.2. The van der Waals surface area contributed by atoms with Crippen LogP contribution < -0.4 is 4.74 Å². The molecule has 0 N–H and O–H groups in total. The summed E-state index contributed by atoms with van der Waals surface area (Å²) in [6, 6.07) is 12.7. The number of carbonyl (C=O) groups is 1. The minimum absolute atomic E-state index is 0.153. The quantitative estimate of drug-likeness (QED) is 0.236. The second-order valence-corrected chi connectivity index (χ2v) is 9.00. The third kappa shape index (κ3) is 5.71. The fourth-order valence-corrected chi connectivity index (χ4v) is 4.73. The zero-order valence-corrected chi connectivity index (χ0v) is 20.7. The summed E-state index contributed by atoms with van der Waals surface area (Å²) in [5.74, 6) is -5.81. The molecule has 0 radical (unpaired) electrons. The molecule has 0 heterocycles. The van der Waals surface area contributed by atoms with Gasteiger partial charge in [-0.1, -0.05) is 48.6 Å². The molecule has 3 nitrogen and oxygen atoms in total. The van der Waals surface area contributed by atoms with Gasteiger partial charge < -0.3 is 9.47 Å². The standard InChI is InChI=1S/C30H28F4O3/c1-3-5-18-6-8-19(9-7-18)22-14-15-23(27(32)26(22)31)20-10-12-21(13-11-20)37-30(35)24-16-17-25(36-4-2)29(34)28(24)33/h3,5-9,14-17,20-21H,4,10-13H2,1-2H3. The van der Waals surface area contributed by atoms with Crippen molar-refractivity contribution in [1.29, 1.82) is 0 Å². The Kier molecular flexibility index (Phi) is 8.31. The van der Waals surface area contributed by atoms with Gasteiger partial charge >= 0.3 is 5.97 Å². The van der Waals surface area contributed by atoms with E-state index in [0.717, 1.165) is 11.6 Å². The molecule has 0 aliphatic heterocycles. The van der Waals surface area contributed by atoms with Crippen LogP contribution in [0.1, 0.15) is 66.9 Å². The van der Waals surface area contributed by atoms with E-state index >= 15 is 8.78 Å². The number of carbonyl (C=O) groups excluding carboxylic acids is 1. The van der Waals surface area contributed by atoms with Crippen LogP contribution in [0.4, 0.5) is 17.6 Å². The van der Waals surface area contributed by atoms with Crippen molar-refractivity contribution in [3.63, 3.8) is 0 Å². The summed E-state index contributed by atoms with van der Waals surface area (Å²) in [7, 11) is 0. The van der Waals surface area contributed by atoms with Crippen molar-refractivity contribution < 1.29 is 31.8 Å². The lowest BCUT2D eigenvalue weighted by Gasteiger charge is -2.29. The lowest BCUT2D eigenvalue weighted by atomic mass is 9.82. The second kappa shape index (κ2) is 11.6. The van der Waals surface area contributed by atoms with E-state index in [2.05, 4.69) is 0 Å². The van der Waals surface area contributed by atoms with Crippen LogP contribution in [0.15, 0.2) is 54.6 Å². The fourth-order valence-electron chi connectivity index (χ4n) is 4.73. The molecule has 1 aliphatic carbocycles. The number of ether oxygens (including phenoxy) is 2. The first-order valence-corrected chi connectivity index (χ1v) is 12.4. The van der Waals surface area contributed by atoms with Crippen LogP contribution >= 0.6 is 0 Å². The van der Waals surface area contributed by atoms with Gasteiger partial charge in [-0.25, -0.2) is 18.0 Å². The minimum Gasteiger partial charge on any atom is -0.491 e. The molecule has 7 heteroatoms. The lowest BCUT2D eigenvalue weighted by molar-refractivity contribution is 0.0188. The van der Waals surface area contributed by atoms with Crippen molar-refractivity contribution in [2.75, 3.05) is 6.61 Å². The van der Waals surface area contributed by atoms with Crippen molar-refractivity contribution in [2.45, 2.75) is 51.6 Å². The number of hydrogen-bond donors (Lipinski definition) is 0. The van der Waals surface area contributed by atoms with Crippen LogP contribution in [0, 0.1) is 23.3 Å². The molecule has 0 atom stereocenters. The smallest absolute Gasteiger partial charge is 0.341 e. The highest BCUT2D eigenvalue weighted by Gasteiger charge is 2.30. The average Bonchev–Trinajstić information content (AvgIpc) is 2.90. The molecule has 37 heavy (non-hydrogen) atoms. The highest BCUT2D eigenvalue weighted by Crippen LogP contribution is 2.38. The Bertz CT molecular complexity index is 1290. The van der Waals surface area contributed by atoms with Crippen molar-refractivity contribution in [2.24, 2.45) is 0 Å². The van der Waals surface area contributed by atoms with E-state index in [9.17, 15) is 13.6 Å². The molecular formula is C30H28F4O3. The lowest BCUT2D eigenvalue weighted by Crippen LogP contribution is -2.25. The van der Waals surface area contributed by atoms with Gasteiger partial charge in [-0.05, 0) is 74.3 Å². The minimum atomic E-state index is -1.32. The first-order chi connectivity index (χ1) is 17.8. The number of benzene rings is 3. The third-order valence-electron chi connectivity index (χ3n) is 6.65. The molecule has 0 bridgehead atoms. The van der Waals surface area contributed by atoms with Gasteiger partial charge in [-0.2, -0.15) is 4.39 Å². The van der Waals surface area contributed by atoms with Crippen LogP contribution in [-0.2, 0) is 4.74 Å². The first-order valence-electron chi connectivity index (χ1n) is 12.4. The Morgan fingerprint density at radius 2 is 1.57 bits per heavy atom. The summed E-state index contributed by atoms with van der Waals surface area (Å²) < 4.78 is 68.9. The molecule has 1 aliphatic rings. The van der Waals surface area contributed by atoms with E-state index in [1.54, 1.807) is 31.2 Å². The van der Waals surface area contributed by atoms with Crippen LogP contribution in [0.25, 0.3) is 17.2 Å². The molecule has 0 aromatic heterocycles. The summed E-state index contributed by atoms with van der Waals surface area (Å²) >= 11 is 0. The number of halogens is 4. The van der Waals surface area contributed by atoms with E-state index in [1.807, 2.05) is 31.2 Å². The average molecular weight is 513 g/mol. The van der Waals surface area contributed by atoms with Crippen molar-refractivity contribution in [3.8, 4) is 16.9 Å². The zero-order chi connectivity index (χ0) is 26.5. The van der Waals surface area contributed by atoms with Crippen molar-refractivity contribution in [1.82, 2.24) is 0 Å². The van der Waals surface area contributed by atoms with Crippen molar-refractivity contribution >= 4 is 12.0 Å². The Labute approximate surface area is 213 Å². The van der Waals surface area contributed by atoms with Gasteiger partial charge in [0.1, 0.15) is 6.10 Å². The van der Waals surface area contributed by atoms with E-state index < -0.39 is 40.9 Å². The van der Waals surface area contributed by atoms with Gasteiger partial charge in [-0.15, -0.1) is 0 Å². The summed E-state index contributed by atoms with van der Waals surface area (Å²) in [4.78, 5) is 12.5. The van der Waals surface area contributed by atoms with Crippen LogP contribution in [0.3, 0.4) is 0 Å². The van der Waals surface area contributed by atoms with Gasteiger partial charge in [0, 0.05) is 5.56 Å². The molecule has 4 rings (SSSR count). The molecule has 0 unspecified atom stereocenters. The molecule has 0 amide bonds. The van der Waals surface area contributed by atoms with Gasteiger partial charge in [0.2, 0.25) is 5.82 Å². The number of allylic oxidation sites excluding steroid dienone is 1. The predicted octanol–water partition coefficient (Wildman–Crippen LogP) is 8.23. The maximum Gasteiger partial charge on any atom is 0.341 e. The largest absolute Gasteiger partial charge is 0.491 e. The highest BCUT2D eigenvalue weighted by molar-refractivity contribution is 5.90. The van der Waals surface area contributed by atoms with E-state index in [4.69, 9.17) is 9.47 Å². The molecule has 1 fully saturated rings. The topological polar surface area (TPSA) is 35.5 Å². The molecular weight excluding hydrogens is 484 g/mol. The second-order valence-electron chi connectivity index (χ2n) is 9.00. The van der Waals surface area contributed by atoms with Gasteiger partial charge in [0.25, 0.3) is 0 Å². The van der Waals surface area contributed by atoms with E-state index in [0.29, 0.717) is 31.2 Å². The summed E-state index contributed by atoms with van der Waals surface area (Å²) in [6.45, 7) is 3.69. The Morgan fingerprint density at radius 3 is 2.22 bits per heavy atom. The molecule has 0 saturated heterocycles. The number of rotatable bonds is 7. The van der Waals surface area contributed by atoms with E-state index in [-0.39, 0.29) is 29.4 Å². The predicted molar refractivity (Wildman–Crippen MR) is 134 cm³/mol. The van der Waals surface area contributed by atoms with Gasteiger partial charge in [-0.3, -0.25) is 0 Å². The van der Waals surface area contributed by atoms with Crippen LogP contribution in [0.2, 0.25) is 0 Å². The number of hydrogen-bond acceptors (Lipinski definition) is 3. The van der Waals surface area contributed by atoms with Crippen LogP contribution in [0.5, 0.6) is 5.75 Å². The molecule has 194 valence electrons. The Morgan fingerprint density at radius 1 is 0.865 bits per heavy atom. The third-order valence-corrected chi connectivity index (χ3v) is 6.65. The van der Waals surface area contributed by atoms with Crippen LogP contribution in [-0.4, -0.2) is 18.7 Å². The zero-order valence-electron chi connectivity index (χ0n) is 20.7. The maximum atomic E-state index is 15.1. The summed E-state index contributed by atoms with van der Waals surface area (Å²) in [5.41, 5.74) is 1.53. The Hall–Kier alpha value is -3.61. The molecule has 0 spiro atoms. The van der Waals surface area contributed by atoms with Crippen molar-refractivity contribution in [3.05, 3.63) is 94.6 Å². The molecule has 3 aromatic carbocycles. The summed E-state index contributed by atoms with van der Waals surface area (Å²) in [6.07, 6.45) is 5.01. The first kappa shape index (κ1) is 26.5. The number of esters is 1. The molecule has 3 aromatic rings. The monoisotopic (exact) mass is 512 g/mol. The maximum absolute atomic E-state index is 15.1. The SMILES string of the molecule is CC=Cc1ccc(-c2ccc(C3CCC(OC(=O)c4ccc(OCC)c(F)c4F)CC3)c(F)c2F)cc1. The normalized spacial score (nSPS) is 17.7. The Balaban J connectivity index is 1.41. The summed E-state index contributed by atoms with van der Waals surface area (Å²) in [5, 5.41) is 0. The van der Waals surface area contributed by atoms with Gasteiger partial charge in [0.05, 0.1) is 12.2 Å². The van der Waals surface area contributed by atoms with E-state index in [1.165, 1.54) is 6.07 Å². The fraction of sp³-hybridized carbons (Fsp3) is 0.300. The molecule has 1 saturated carbocycles. The van der Waals surface area contributed by atoms with Gasteiger partial charge in [0.15, 0.2) is 23.2 Å².